The normalized spacial score (nSPS) is 29.1. The molecule has 0 aliphatic carbocycles. The summed E-state index contributed by atoms with van der Waals surface area (Å²) in [6.07, 6.45) is -3.93. The SMILES string of the molecule is CNc1nc(N)nc2c1ncn2[C@@H]1O[C@H](CO)[C@@H](O)[C@H]1F. The first-order valence-electron chi connectivity index (χ1n) is 6.33. The lowest BCUT2D eigenvalue weighted by Gasteiger charge is -2.15. The summed E-state index contributed by atoms with van der Waals surface area (Å²) in [6.45, 7) is -0.483. The Kier molecular flexibility index (Phi) is 3.35. The maximum Gasteiger partial charge on any atom is 0.224 e. The van der Waals surface area contributed by atoms with Crippen LogP contribution in [0, 0.1) is 0 Å². The van der Waals surface area contributed by atoms with E-state index in [0.717, 1.165) is 0 Å². The molecule has 0 radical (unpaired) electrons. The molecule has 1 aliphatic rings. The first-order chi connectivity index (χ1) is 10.1. The molecule has 9 nitrogen and oxygen atoms in total. The highest BCUT2D eigenvalue weighted by Crippen LogP contribution is 2.34. The summed E-state index contributed by atoms with van der Waals surface area (Å²) in [6, 6.07) is 0. The van der Waals surface area contributed by atoms with Gasteiger partial charge in [-0.25, -0.2) is 9.37 Å². The van der Waals surface area contributed by atoms with Crippen molar-refractivity contribution in [1.82, 2.24) is 19.5 Å². The Morgan fingerprint density at radius 3 is 2.90 bits per heavy atom. The van der Waals surface area contributed by atoms with E-state index in [1.165, 1.54) is 10.9 Å². The Balaban J connectivity index is 2.07. The van der Waals surface area contributed by atoms with Gasteiger partial charge in [0.05, 0.1) is 12.9 Å². The lowest BCUT2D eigenvalue weighted by atomic mass is 10.1. The van der Waals surface area contributed by atoms with Gasteiger partial charge in [-0.2, -0.15) is 9.97 Å². The number of aliphatic hydroxyl groups excluding tert-OH is 2. The smallest absolute Gasteiger partial charge is 0.224 e. The molecule has 3 heterocycles. The number of halogens is 1. The van der Waals surface area contributed by atoms with Crippen molar-refractivity contribution in [2.24, 2.45) is 0 Å². The van der Waals surface area contributed by atoms with E-state index in [1.54, 1.807) is 7.05 Å². The van der Waals surface area contributed by atoms with Crippen LogP contribution in [0.2, 0.25) is 0 Å². The largest absolute Gasteiger partial charge is 0.394 e. The van der Waals surface area contributed by atoms with Gasteiger partial charge in [-0.15, -0.1) is 0 Å². The third-order valence-electron chi connectivity index (χ3n) is 3.42. The maximum atomic E-state index is 14.2. The van der Waals surface area contributed by atoms with Crippen molar-refractivity contribution in [3.63, 3.8) is 0 Å². The van der Waals surface area contributed by atoms with Crippen molar-refractivity contribution < 1.29 is 19.3 Å². The summed E-state index contributed by atoms with van der Waals surface area (Å²) in [7, 11) is 1.65. The van der Waals surface area contributed by atoms with Gasteiger partial charge in [0.2, 0.25) is 5.95 Å². The number of nitrogens with two attached hydrogens (primary N) is 1. The number of hydrogen-bond donors (Lipinski definition) is 4. The van der Waals surface area contributed by atoms with Crippen LogP contribution in [-0.2, 0) is 4.74 Å². The molecule has 0 spiro atoms. The summed E-state index contributed by atoms with van der Waals surface area (Å²) in [5.74, 6) is 0.408. The van der Waals surface area contributed by atoms with Crippen LogP contribution in [-0.4, -0.2) is 61.8 Å². The number of imidazole rings is 1. The molecule has 10 heteroatoms. The second-order valence-corrected chi connectivity index (χ2v) is 4.69. The molecule has 0 bridgehead atoms. The lowest BCUT2D eigenvalue weighted by Crippen LogP contribution is -2.30. The van der Waals surface area contributed by atoms with Crippen LogP contribution in [0.4, 0.5) is 16.2 Å². The fourth-order valence-corrected chi connectivity index (χ4v) is 2.37. The summed E-state index contributed by atoms with van der Waals surface area (Å²) >= 11 is 0. The van der Waals surface area contributed by atoms with Gasteiger partial charge in [0.1, 0.15) is 12.2 Å². The molecule has 0 aromatic carbocycles. The van der Waals surface area contributed by atoms with E-state index in [4.69, 9.17) is 15.6 Å². The number of nitrogens with one attached hydrogen (secondary N) is 1. The van der Waals surface area contributed by atoms with E-state index >= 15 is 0 Å². The highest BCUT2D eigenvalue weighted by molar-refractivity contribution is 5.84. The molecule has 114 valence electrons. The standard InChI is InChI=1S/C11H15FN6O3/c1-14-8-6-9(17-11(13)16-8)18(3-15-6)10-5(12)7(20)4(2-19)21-10/h3-5,7,10,19-20H,2H2,1H3,(H3,13,14,16,17)/t4-,5-,7-,10-/m1/s1. The minimum Gasteiger partial charge on any atom is -0.394 e. The molecule has 21 heavy (non-hydrogen) atoms. The van der Waals surface area contributed by atoms with E-state index in [9.17, 15) is 9.50 Å². The van der Waals surface area contributed by atoms with Crippen LogP contribution >= 0.6 is 0 Å². The molecule has 3 rings (SSSR count). The molecule has 4 atom stereocenters. The van der Waals surface area contributed by atoms with Crippen LogP contribution in [0.5, 0.6) is 0 Å². The summed E-state index contributed by atoms with van der Waals surface area (Å²) in [5.41, 5.74) is 6.30. The maximum absolute atomic E-state index is 14.2. The molecule has 2 aromatic rings. The molecule has 1 fully saturated rings. The number of rotatable bonds is 3. The molecule has 2 aromatic heterocycles. The third kappa shape index (κ3) is 2.07. The topological polar surface area (TPSA) is 131 Å². The van der Waals surface area contributed by atoms with E-state index in [1.807, 2.05) is 0 Å². The number of nitrogen functional groups attached to an aromatic ring is 1. The van der Waals surface area contributed by atoms with Crippen LogP contribution in [0.3, 0.4) is 0 Å². The summed E-state index contributed by atoms with van der Waals surface area (Å²) in [5, 5.41) is 21.6. The molecular formula is C11H15FN6O3. The Labute approximate surface area is 118 Å². The fraction of sp³-hybridized carbons (Fsp3) is 0.545. The third-order valence-corrected chi connectivity index (χ3v) is 3.42. The van der Waals surface area contributed by atoms with Crippen molar-refractivity contribution in [2.75, 3.05) is 24.7 Å². The van der Waals surface area contributed by atoms with E-state index in [0.29, 0.717) is 11.3 Å². The molecule has 0 unspecified atom stereocenters. The van der Waals surface area contributed by atoms with Gasteiger partial charge in [-0.05, 0) is 0 Å². The van der Waals surface area contributed by atoms with Crippen LogP contribution in [0.15, 0.2) is 6.33 Å². The summed E-state index contributed by atoms with van der Waals surface area (Å²) in [4.78, 5) is 12.1. The van der Waals surface area contributed by atoms with Crippen molar-refractivity contribution in [3.05, 3.63) is 6.33 Å². The average molecular weight is 298 g/mol. The zero-order valence-electron chi connectivity index (χ0n) is 11.1. The van der Waals surface area contributed by atoms with E-state index in [-0.39, 0.29) is 11.6 Å². The van der Waals surface area contributed by atoms with E-state index in [2.05, 4.69) is 20.3 Å². The molecule has 0 amide bonds. The van der Waals surface area contributed by atoms with Gasteiger partial charge >= 0.3 is 0 Å². The highest BCUT2D eigenvalue weighted by Gasteiger charge is 2.45. The number of fused-ring (bicyclic) bond motifs is 1. The number of alkyl halides is 1. The predicted octanol–water partition coefficient (Wildman–Crippen LogP) is -0.961. The predicted molar refractivity (Wildman–Crippen MR) is 71.2 cm³/mol. The van der Waals surface area contributed by atoms with Crippen molar-refractivity contribution in [2.45, 2.75) is 24.6 Å². The zero-order chi connectivity index (χ0) is 15.1. The number of aromatic nitrogens is 4. The number of hydrogen-bond acceptors (Lipinski definition) is 8. The van der Waals surface area contributed by atoms with Gasteiger partial charge in [0.15, 0.2) is 29.4 Å². The van der Waals surface area contributed by atoms with E-state index < -0.39 is 31.2 Å². The second kappa shape index (κ2) is 5.06. The monoisotopic (exact) mass is 298 g/mol. The van der Waals surface area contributed by atoms with Crippen molar-refractivity contribution >= 4 is 22.9 Å². The average Bonchev–Trinajstić information content (AvgIpc) is 3.01. The molecule has 5 N–H and O–H groups in total. The zero-order valence-corrected chi connectivity index (χ0v) is 11.1. The minimum absolute atomic E-state index is 0.00117. The van der Waals surface area contributed by atoms with Crippen LogP contribution in [0.1, 0.15) is 6.23 Å². The van der Waals surface area contributed by atoms with Gasteiger partial charge < -0.3 is 26.0 Å². The summed E-state index contributed by atoms with van der Waals surface area (Å²) < 4.78 is 20.8. The lowest BCUT2D eigenvalue weighted by molar-refractivity contribution is -0.0459. The molecular weight excluding hydrogens is 283 g/mol. The van der Waals surface area contributed by atoms with Gasteiger partial charge in [0.25, 0.3) is 0 Å². The van der Waals surface area contributed by atoms with Crippen LogP contribution < -0.4 is 11.1 Å². The fourth-order valence-electron chi connectivity index (χ4n) is 2.37. The number of aliphatic hydroxyl groups is 2. The highest BCUT2D eigenvalue weighted by atomic mass is 19.1. The Morgan fingerprint density at radius 2 is 2.29 bits per heavy atom. The Bertz CT molecular complexity index is 665. The number of anilines is 2. The molecule has 1 saturated heterocycles. The van der Waals surface area contributed by atoms with Crippen LogP contribution in [0.25, 0.3) is 11.2 Å². The van der Waals surface area contributed by atoms with Gasteiger partial charge in [0, 0.05) is 7.05 Å². The van der Waals surface area contributed by atoms with Gasteiger partial charge in [-0.3, -0.25) is 4.57 Å². The van der Waals surface area contributed by atoms with Crippen molar-refractivity contribution in [3.8, 4) is 0 Å². The molecule has 1 aliphatic heterocycles. The van der Waals surface area contributed by atoms with Crippen molar-refractivity contribution in [1.29, 1.82) is 0 Å². The van der Waals surface area contributed by atoms with Gasteiger partial charge in [-0.1, -0.05) is 0 Å². The quantitative estimate of drug-likeness (QED) is 0.569. The first-order valence-corrected chi connectivity index (χ1v) is 6.33. The second-order valence-electron chi connectivity index (χ2n) is 4.69. The Hall–Kier alpha value is -2.04. The molecule has 0 saturated carbocycles. The minimum atomic E-state index is -1.71. The number of ether oxygens (including phenoxy) is 1. The Morgan fingerprint density at radius 1 is 1.52 bits per heavy atom. The first kappa shape index (κ1) is 13.9. The number of nitrogens with zero attached hydrogens (tertiary/aromatic N) is 4.